The highest BCUT2D eigenvalue weighted by Gasteiger charge is 2.29. The van der Waals surface area contributed by atoms with Crippen LogP contribution in [0.15, 0.2) is 35.5 Å². The summed E-state index contributed by atoms with van der Waals surface area (Å²) in [7, 11) is 1.53. The molecule has 6 N–H and O–H groups in total. The Balaban J connectivity index is 1.82. The van der Waals surface area contributed by atoms with Gasteiger partial charge in [-0.2, -0.15) is 0 Å². The number of likely N-dealkylation sites (tertiary alicyclic amines) is 1. The zero-order chi connectivity index (χ0) is 23.3. The number of nitrogens with two attached hydrogens (primary N) is 2. The molecule has 3 atom stereocenters. The lowest BCUT2D eigenvalue weighted by molar-refractivity contribution is 0.0948. The van der Waals surface area contributed by atoms with Crippen molar-refractivity contribution in [3.63, 3.8) is 0 Å². The minimum atomic E-state index is -1.12. The Hall–Kier alpha value is -3.47. The second-order valence-corrected chi connectivity index (χ2v) is 7.41. The molecule has 170 valence electrons. The monoisotopic (exact) mass is 444 g/mol. The fourth-order valence-electron chi connectivity index (χ4n) is 3.55. The molecule has 1 amide bonds. The van der Waals surface area contributed by atoms with Gasteiger partial charge in [-0.3, -0.25) is 9.79 Å². The number of carbonyl (C=O) groups excluding carboxylic acids is 1. The molecular formula is C21H26F2N8O. The number of hydrogen-bond donors (Lipinski definition) is 4. The first-order valence-corrected chi connectivity index (χ1v) is 10.2. The molecule has 0 bridgehead atoms. The van der Waals surface area contributed by atoms with Crippen LogP contribution in [0.25, 0.3) is 11.3 Å². The topological polar surface area (TPSA) is 146 Å². The normalized spacial score (nSPS) is 20.4. The summed E-state index contributed by atoms with van der Waals surface area (Å²) < 4.78 is 28.1. The van der Waals surface area contributed by atoms with Crippen molar-refractivity contribution in [1.29, 1.82) is 5.41 Å². The Labute approximate surface area is 184 Å². The SMILES string of the molecule is CN=C(C(C=N)NC(=O)c1nc(-c2ccccc2F)cnc1N)N1CCC(N)C(F)CC1. The van der Waals surface area contributed by atoms with E-state index in [1.54, 1.807) is 11.0 Å². The van der Waals surface area contributed by atoms with Gasteiger partial charge in [0.05, 0.1) is 11.9 Å². The Kier molecular flexibility index (Phi) is 7.41. The van der Waals surface area contributed by atoms with Crippen LogP contribution in [0.1, 0.15) is 23.3 Å². The molecule has 1 aliphatic heterocycles. The van der Waals surface area contributed by atoms with E-state index in [1.807, 2.05) is 0 Å². The number of nitrogens with one attached hydrogen (secondary N) is 2. The molecule has 1 saturated heterocycles. The van der Waals surface area contributed by atoms with Crippen LogP contribution in [0.4, 0.5) is 14.6 Å². The lowest BCUT2D eigenvalue weighted by Crippen LogP contribution is -2.50. The van der Waals surface area contributed by atoms with Crippen LogP contribution in [-0.2, 0) is 0 Å². The number of amidine groups is 1. The fourth-order valence-corrected chi connectivity index (χ4v) is 3.55. The van der Waals surface area contributed by atoms with E-state index in [2.05, 4.69) is 20.3 Å². The predicted molar refractivity (Wildman–Crippen MR) is 119 cm³/mol. The largest absolute Gasteiger partial charge is 0.382 e. The van der Waals surface area contributed by atoms with Gasteiger partial charge in [0.2, 0.25) is 0 Å². The molecule has 2 heterocycles. The van der Waals surface area contributed by atoms with Crippen LogP contribution >= 0.6 is 0 Å². The Bertz CT molecular complexity index is 1000. The summed E-state index contributed by atoms with van der Waals surface area (Å²) in [5.74, 6) is -0.951. The number of alkyl halides is 1. The molecular weight excluding hydrogens is 418 g/mol. The van der Waals surface area contributed by atoms with Crippen molar-refractivity contribution in [3.8, 4) is 11.3 Å². The first kappa shape index (κ1) is 23.2. The molecule has 0 spiro atoms. The Morgan fingerprint density at radius 2 is 2.09 bits per heavy atom. The number of rotatable bonds is 5. The van der Waals surface area contributed by atoms with Crippen LogP contribution in [0.5, 0.6) is 0 Å². The molecule has 3 unspecified atom stereocenters. The average Bonchev–Trinajstić information content (AvgIpc) is 2.95. The number of nitrogens with zero attached hydrogens (tertiary/aromatic N) is 4. The average molecular weight is 444 g/mol. The number of aliphatic imine (C=N–C) groups is 1. The van der Waals surface area contributed by atoms with Gasteiger partial charge in [-0.1, -0.05) is 12.1 Å². The number of halogens is 2. The highest BCUT2D eigenvalue weighted by Crippen LogP contribution is 2.21. The van der Waals surface area contributed by atoms with E-state index in [4.69, 9.17) is 16.9 Å². The first-order chi connectivity index (χ1) is 15.3. The van der Waals surface area contributed by atoms with Gasteiger partial charge in [-0.05, 0) is 25.0 Å². The molecule has 1 aromatic carbocycles. The van der Waals surface area contributed by atoms with Gasteiger partial charge in [0.25, 0.3) is 5.91 Å². The molecule has 0 saturated carbocycles. The van der Waals surface area contributed by atoms with E-state index in [-0.39, 0.29) is 29.2 Å². The summed E-state index contributed by atoms with van der Waals surface area (Å²) in [6, 6.07) is 4.50. The molecule has 1 aliphatic rings. The van der Waals surface area contributed by atoms with Gasteiger partial charge in [0.1, 0.15) is 23.9 Å². The minimum Gasteiger partial charge on any atom is -0.382 e. The molecule has 9 nitrogen and oxygen atoms in total. The molecule has 1 fully saturated rings. The van der Waals surface area contributed by atoms with Crippen molar-refractivity contribution in [2.24, 2.45) is 10.7 Å². The van der Waals surface area contributed by atoms with E-state index in [1.165, 1.54) is 31.4 Å². The van der Waals surface area contributed by atoms with Crippen molar-refractivity contribution in [2.45, 2.75) is 31.1 Å². The molecule has 1 aromatic heterocycles. The van der Waals surface area contributed by atoms with E-state index in [0.29, 0.717) is 25.3 Å². The van der Waals surface area contributed by atoms with Crippen LogP contribution in [0, 0.1) is 11.2 Å². The van der Waals surface area contributed by atoms with Crippen LogP contribution < -0.4 is 16.8 Å². The number of aromatic nitrogens is 2. The smallest absolute Gasteiger partial charge is 0.274 e. The number of amides is 1. The molecule has 32 heavy (non-hydrogen) atoms. The van der Waals surface area contributed by atoms with Gasteiger partial charge < -0.3 is 27.1 Å². The van der Waals surface area contributed by atoms with Crippen molar-refractivity contribution in [1.82, 2.24) is 20.2 Å². The third-order valence-corrected chi connectivity index (χ3v) is 5.32. The maximum atomic E-state index is 14.1. The second-order valence-electron chi connectivity index (χ2n) is 7.41. The number of carbonyl (C=O) groups is 1. The zero-order valence-corrected chi connectivity index (χ0v) is 17.6. The van der Waals surface area contributed by atoms with Gasteiger partial charge in [0.15, 0.2) is 11.5 Å². The second kappa shape index (κ2) is 10.2. The van der Waals surface area contributed by atoms with E-state index in [0.717, 1.165) is 6.21 Å². The molecule has 0 radical (unpaired) electrons. The van der Waals surface area contributed by atoms with Crippen LogP contribution in [-0.4, -0.2) is 71.2 Å². The number of hydrogen-bond acceptors (Lipinski definition) is 7. The van der Waals surface area contributed by atoms with Crippen LogP contribution in [0.3, 0.4) is 0 Å². The zero-order valence-electron chi connectivity index (χ0n) is 17.6. The van der Waals surface area contributed by atoms with E-state index in [9.17, 15) is 13.6 Å². The van der Waals surface area contributed by atoms with Gasteiger partial charge in [-0.25, -0.2) is 18.7 Å². The van der Waals surface area contributed by atoms with Crippen molar-refractivity contribution < 1.29 is 13.6 Å². The first-order valence-electron chi connectivity index (χ1n) is 10.2. The Morgan fingerprint density at radius 1 is 1.38 bits per heavy atom. The summed E-state index contributed by atoms with van der Waals surface area (Å²) in [6.45, 7) is 0.797. The highest BCUT2D eigenvalue weighted by atomic mass is 19.1. The summed E-state index contributed by atoms with van der Waals surface area (Å²) in [5.41, 5.74) is 11.8. The lowest BCUT2D eigenvalue weighted by atomic mass is 10.1. The fraction of sp³-hybridized carbons (Fsp3) is 0.381. The third-order valence-electron chi connectivity index (χ3n) is 5.32. The summed E-state index contributed by atoms with van der Waals surface area (Å²) in [6.07, 6.45) is 1.82. The molecule has 11 heteroatoms. The van der Waals surface area contributed by atoms with E-state index >= 15 is 0 Å². The van der Waals surface area contributed by atoms with Crippen molar-refractivity contribution in [3.05, 3.63) is 42.0 Å². The third kappa shape index (κ3) is 5.05. The summed E-state index contributed by atoms with van der Waals surface area (Å²) in [4.78, 5) is 27.1. The quantitative estimate of drug-likeness (QED) is 0.405. The van der Waals surface area contributed by atoms with Crippen molar-refractivity contribution >= 4 is 23.8 Å². The summed E-state index contributed by atoms with van der Waals surface area (Å²) in [5, 5.41) is 10.5. The molecule has 2 aromatic rings. The predicted octanol–water partition coefficient (Wildman–Crippen LogP) is 1.40. The standard InChI is InChI=1S/C21H26F2N8O/c1-27-20(31-8-6-14(23)15(25)7-9-31)16(10-24)30-21(32)18-19(26)28-11-17(29-18)12-4-2-3-5-13(12)22/h2-5,10-11,14-16,24H,6-9,25H2,1H3,(H2,26,28)(H,30,32). The van der Waals surface area contributed by atoms with Crippen molar-refractivity contribution in [2.75, 3.05) is 25.9 Å². The maximum Gasteiger partial charge on any atom is 0.274 e. The van der Waals surface area contributed by atoms with Gasteiger partial charge >= 0.3 is 0 Å². The number of nitrogen functional groups attached to an aromatic ring is 1. The maximum absolute atomic E-state index is 14.1. The highest BCUT2D eigenvalue weighted by molar-refractivity contribution is 6.06. The van der Waals surface area contributed by atoms with Gasteiger partial charge in [-0.15, -0.1) is 0 Å². The number of benzene rings is 1. The van der Waals surface area contributed by atoms with Gasteiger partial charge in [0, 0.05) is 38.0 Å². The molecule has 3 rings (SSSR count). The number of anilines is 1. The van der Waals surface area contributed by atoms with E-state index < -0.39 is 30.0 Å². The lowest BCUT2D eigenvalue weighted by Gasteiger charge is -2.28. The van der Waals surface area contributed by atoms with Crippen LogP contribution in [0.2, 0.25) is 0 Å². The minimum absolute atomic E-state index is 0.137. The molecule has 0 aliphatic carbocycles. The summed E-state index contributed by atoms with van der Waals surface area (Å²) >= 11 is 0. The Morgan fingerprint density at radius 3 is 2.78 bits per heavy atom.